The zero-order valence-corrected chi connectivity index (χ0v) is 22.2. The Morgan fingerprint density at radius 3 is 2.67 bits per heavy atom. The molecule has 0 spiro atoms. The highest BCUT2D eigenvalue weighted by Crippen LogP contribution is 2.43. The third kappa shape index (κ3) is 5.00. The zero-order chi connectivity index (χ0) is 25.2. The maximum Gasteiger partial charge on any atom is 0.226 e. The largest absolute Gasteiger partial charge is 0.351 e. The molecule has 0 bridgehead atoms. The molecule has 36 heavy (non-hydrogen) atoms. The van der Waals surface area contributed by atoms with Crippen molar-refractivity contribution >= 4 is 46.2 Å². The van der Waals surface area contributed by atoms with Gasteiger partial charge in [0.1, 0.15) is 0 Å². The minimum Gasteiger partial charge on any atom is -0.351 e. The molecule has 1 aromatic carbocycles. The van der Waals surface area contributed by atoms with Crippen molar-refractivity contribution in [3.63, 3.8) is 0 Å². The number of hydrogen-bond donors (Lipinski definition) is 2. The second-order valence-corrected chi connectivity index (χ2v) is 10.8. The molecule has 0 radical (unpaired) electrons. The maximum atomic E-state index is 12.2. The standard InChI is InChI=1S/C28H32ClN5OS/c1-18(2)27(35)31-23-12-11-21(16-22(23)29)34-26(25(32-28(34)36)24-10-6-7-14-30-24)19-13-15-33(17-19)20-8-4-3-5-9-20/h6-7,10-18,20,25-26H,3-5,8-9H2,1-2H3,(H,31,35)(H,32,36). The molecule has 188 valence electrons. The van der Waals surface area contributed by atoms with Gasteiger partial charge in [-0.15, -0.1) is 0 Å². The molecule has 2 aliphatic rings. The van der Waals surface area contributed by atoms with Crippen molar-refractivity contribution in [2.45, 2.75) is 64.1 Å². The van der Waals surface area contributed by atoms with Crippen LogP contribution in [0, 0.1) is 5.92 Å². The van der Waals surface area contributed by atoms with Gasteiger partial charge in [-0.3, -0.25) is 9.78 Å². The lowest BCUT2D eigenvalue weighted by atomic mass is 9.95. The molecule has 1 aliphatic carbocycles. The number of thiocarbonyl (C=S) groups is 1. The molecule has 2 fully saturated rings. The summed E-state index contributed by atoms with van der Waals surface area (Å²) < 4.78 is 2.38. The van der Waals surface area contributed by atoms with E-state index in [4.69, 9.17) is 23.8 Å². The molecule has 1 saturated carbocycles. The second kappa shape index (κ2) is 10.6. The van der Waals surface area contributed by atoms with Crippen molar-refractivity contribution in [1.29, 1.82) is 0 Å². The van der Waals surface area contributed by atoms with E-state index in [1.165, 1.54) is 37.7 Å². The minimum atomic E-state index is -0.132. The number of halogens is 1. The van der Waals surface area contributed by atoms with Crippen molar-refractivity contribution in [2.24, 2.45) is 5.92 Å². The quantitative estimate of drug-likeness (QED) is 0.349. The fourth-order valence-electron chi connectivity index (χ4n) is 5.22. The summed E-state index contributed by atoms with van der Waals surface area (Å²) in [5, 5.41) is 7.51. The summed E-state index contributed by atoms with van der Waals surface area (Å²) in [6, 6.07) is 14.2. The number of hydrogen-bond acceptors (Lipinski definition) is 3. The average molecular weight is 522 g/mol. The van der Waals surface area contributed by atoms with Crippen LogP contribution in [-0.2, 0) is 4.79 Å². The predicted octanol–water partition coefficient (Wildman–Crippen LogP) is 6.81. The Bertz CT molecular complexity index is 1240. The Morgan fingerprint density at radius 1 is 1.17 bits per heavy atom. The molecule has 2 unspecified atom stereocenters. The summed E-state index contributed by atoms with van der Waals surface area (Å²) >= 11 is 12.5. The van der Waals surface area contributed by atoms with Gasteiger partial charge in [-0.25, -0.2) is 0 Å². The van der Waals surface area contributed by atoms with Crippen LogP contribution in [0.2, 0.25) is 5.02 Å². The first-order valence-corrected chi connectivity index (χ1v) is 13.5. The third-order valence-corrected chi connectivity index (χ3v) is 7.81. The van der Waals surface area contributed by atoms with Crippen LogP contribution in [0.5, 0.6) is 0 Å². The molecule has 2 N–H and O–H groups in total. The lowest BCUT2D eigenvalue weighted by Gasteiger charge is -2.28. The summed E-state index contributed by atoms with van der Waals surface area (Å²) in [6.45, 7) is 3.71. The van der Waals surface area contributed by atoms with Crippen molar-refractivity contribution in [3.8, 4) is 0 Å². The molecule has 5 rings (SSSR count). The Hall–Kier alpha value is -2.90. The third-order valence-electron chi connectivity index (χ3n) is 7.19. The normalized spacial score (nSPS) is 20.6. The van der Waals surface area contributed by atoms with E-state index in [9.17, 15) is 4.79 Å². The number of nitrogens with one attached hydrogen (secondary N) is 2. The van der Waals surface area contributed by atoms with E-state index in [1.54, 1.807) is 0 Å². The van der Waals surface area contributed by atoms with E-state index in [-0.39, 0.29) is 23.9 Å². The minimum absolute atomic E-state index is 0.0693. The van der Waals surface area contributed by atoms with Gasteiger partial charge in [-0.05, 0) is 67.0 Å². The highest BCUT2D eigenvalue weighted by Gasteiger charge is 2.41. The molecule has 2 aromatic heterocycles. The van der Waals surface area contributed by atoms with Crippen LogP contribution >= 0.6 is 23.8 Å². The van der Waals surface area contributed by atoms with Crippen molar-refractivity contribution in [3.05, 3.63) is 77.3 Å². The molecule has 1 aliphatic heterocycles. The van der Waals surface area contributed by atoms with Crippen molar-refractivity contribution < 1.29 is 4.79 Å². The van der Waals surface area contributed by atoms with E-state index in [1.807, 2.05) is 56.4 Å². The molecule has 2 atom stereocenters. The summed E-state index contributed by atoms with van der Waals surface area (Å²) in [6.07, 6.45) is 12.6. The molecular weight excluding hydrogens is 490 g/mol. The number of rotatable bonds is 6. The summed E-state index contributed by atoms with van der Waals surface area (Å²) in [5.41, 5.74) is 3.58. The number of amides is 1. The Labute approximate surface area is 223 Å². The molecule has 3 aromatic rings. The highest BCUT2D eigenvalue weighted by molar-refractivity contribution is 7.80. The first kappa shape index (κ1) is 24.8. The van der Waals surface area contributed by atoms with E-state index in [0.29, 0.717) is 21.9 Å². The first-order valence-electron chi connectivity index (χ1n) is 12.7. The number of benzene rings is 1. The smallest absolute Gasteiger partial charge is 0.226 e. The van der Waals surface area contributed by atoms with E-state index in [0.717, 1.165) is 11.4 Å². The Kier molecular flexibility index (Phi) is 7.30. The topological polar surface area (TPSA) is 62.2 Å². The second-order valence-electron chi connectivity index (χ2n) is 9.99. The number of nitrogens with zero attached hydrogens (tertiary/aromatic N) is 3. The molecule has 3 heterocycles. The highest BCUT2D eigenvalue weighted by atomic mass is 35.5. The lowest BCUT2D eigenvalue weighted by Crippen LogP contribution is -2.29. The number of anilines is 2. The number of aromatic nitrogens is 2. The van der Waals surface area contributed by atoms with Gasteiger partial charge in [0.25, 0.3) is 0 Å². The lowest BCUT2D eigenvalue weighted by molar-refractivity contribution is -0.118. The van der Waals surface area contributed by atoms with Crippen LogP contribution in [0.4, 0.5) is 11.4 Å². The summed E-state index contributed by atoms with van der Waals surface area (Å²) in [4.78, 5) is 19.0. The van der Waals surface area contributed by atoms with Crippen LogP contribution in [0.15, 0.2) is 61.1 Å². The van der Waals surface area contributed by atoms with Gasteiger partial charge in [-0.1, -0.05) is 50.8 Å². The van der Waals surface area contributed by atoms with Crippen LogP contribution in [0.1, 0.15) is 75.3 Å². The zero-order valence-electron chi connectivity index (χ0n) is 20.7. The summed E-state index contributed by atoms with van der Waals surface area (Å²) in [5.74, 6) is -0.201. The molecule has 8 heteroatoms. The van der Waals surface area contributed by atoms with Crippen molar-refractivity contribution in [2.75, 3.05) is 10.2 Å². The van der Waals surface area contributed by atoms with Gasteiger partial charge < -0.3 is 20.1 Å². The number of carbonyl (C=O) groups is 1. The monoisotopic (exact) mass is 521 g/mol. The van der Waals surface area contributed by atoms with E-state index < -0.39 is 0 Å². The fraction of sp³-hybridized carbons (Fsp3) is 0.393. The van der Waals surface area contributed by atoms with E-state index in [2.05, 4.69) is 43.5 Å². The van der Waals surface area contributed by atoms with Crippen LogP contribution in [0.3, 0.4) is 0 Å². The first-order chi connectivity index (χ1) is 17.4. The van der Waals surface area contributed by atoms with Gasteiger partial charge >= 0.3 is 0 Å². The van der Waals surface area contributed by atoms with Crippen molar-refractivity contribution in [1.82, 2.24) is 14.9 Å². The fourth-order valence-corrected chi connectivity index (χ4v) is 5.78. The predicted molar refractivity (Wildman–Crippen MR) is 149 cm³/mol. The summed E-state index contributed by atoms with van der Waals surface area (Å²) in [7, 11) is 0. The molecule has 1 saturated heterocycles. The van der Waals surface area contributed by atoms with Gasteiger partial charge in [0, 0.05) is 36.2 Å². The van der Waals surface area contributed by atoms with Gasteiger partial charge in [0.05, 0.1) is 28.5 Å². The van der Waals surface area contributed by atoms with Gasteiger partial charge in [0.15, 0.2) is 5.11 Å². The number of carbonyl (C=O) groups excluding carboxylic acids is 1. The van der Waals surface area contributed by atoms with Crippen LogP contribution < -0.4 is 15.5 Å². The molecule has 6 nitrogen and oxygen atoms in total. The Morgan fingerprint density at radius 2 is 1.97 bits per heavy atom. The average Bonchev–Trinajstić information content (AvgIpc) is 3.51. The molecular formula is C28H32ClN5OS. The van der Waals surface area contributed by atoms with Gasteiger partial charge in [0.2, 0.25) is 5.91 Å². The number of pyridine rings is 1. The molecule has 1 amide bonds. The van der Waals surface area contributed by atoms with E-state index >= 15 is 0 Å². The van der Waals surface area contributed by atoms with Crippen LogP contribution in [-0.4, -0.2) is 20.6 Å². The SMILES string of the molecule is CC(C)C(=O)Nc1ccc(N2C(=S)NC(c3ccccn3)C2c2ccn(C3CCCCC3)c2)cc1Cl. The Balaban J connectivity index is 1.51. The van der Waals surface area contributed by atoms with Gasteiger partial charge in [-0.2, -0.15) is 0 Å². The maximum absolute atomic E-state index is 12.2. The van der Waals surface area contributed by atoms with Crippen LogP contribution in [0.25, 0.3) is 0 Å².